The summed E-state index contributed by atoms with van der Waals surface area (Å²) < 4.78 is 0. The number of rotatable bonds is 0. The van der Waals surface area contributed by atoms with Crippen LogP contribution in [-0.4, -0.2) is 17.8 Å². The fourth-order valence-electron chi connectivity index (χ4n) is 4.03. The Morgan fingerprint density at radius 2 is 2.12 bits per heavy atom. The van der Waals surface area contributed by atoms with E-state index in [1.807, 2.05) is 11.6 Å². The van der Waals surface area contributed by atoms with Gasteiger partial charge in [-0.1, -0.05) is 54.4 Å². The third kappa shape index (κ3) is 3.43. The van der Waals surface area contributed by atoms with E-state index in [0.29, 0.717) is 5.92 Å². The first kappa shape index (κ1) is 16.9. The summed E-state index contributed by atoms with van der Waals surface area (Å²) >= 11 is 7.91. The van der Waals surface area contributed by atoms with E-state index in [1.165, 1.54) is 52.5 Å². The highest BCUT2D eigenvalue weighted by molar-refractivity contribution is 8.12. The van der Waals surface area contributed by atoms with Crippen molar-refractivity contribution in [2.24, 2.45) is 4.99 Å². The van der Waals surface area contributed by atoms with Gasteiger partial charge < -0.3 is 0 Å². The summed E-state index contributed by atoms with van der Waals surface area (Å²) in [6.45, 7) is 3.39. The largest absolute Gasteiger partial charge is 0.285 e. The van der Waals surface area contributed by atoms with Crippen molar-refractivity contribution in [1.82, 2.24) is 0 Å². The molecule has 0 radical (unpaired) electrons. The molecule has 0 amide bonds. The van der Waals surface area contributed by atoms with Crippen molar-refractivity contribution in [1.29, 1.82) is 0 Å². The summed E-state index contributed by atoms with van der Waals surface area (Å²) in [4.78, 5) is 3.92. The van der Waals surface area contributed by atoms with Gasteiger partial charge >= 0.3 is 0 Å². The second-order valence-electron chi connectivity index (χ2n) is 6.84. The number of hydrogen-bond acceptors (Lipinski definition) is 2. The van der Waals surface area contributed by atoms with Crippen LogP contribution in [0.15, 0.2) is 53.0 Å². The van der Waals surface area contributed by atoms with E-state index >= 15 is 0 Å². The Bertz CT molecular complexity index is 888. The van der Waals surface area contributed by atoms with Gasteiger partial charge in [-0.25, -0.2) is 0 Å². The Kier molecular flexibility index (Phi) is 5.00. The molecule has 2 aromatic carbocycles. The number of nitrogens with zero attached hydrogens (tertiary/aromatic N) is 1. The molecule has 1 unspecified atom stereocenters. The molecule has 0 spiro atoms. The van der Waals surface area contributed by atoms with Gasteiger partial charge in [0.05, 0.1) is 5.55 Å². The smallest absolute Gasteiger partial charge is 0.0542 e. The lowest BCUT2D eigenvalue weighted by Crippen LogP contribution is -2.10. The normalized spacial score (nSPS) is 21.0. The third-order valence-electron chi connectivity index (χ3n) is 5.12. The Morgan fingerprint density at radius 3 is 2.88 bits per heavy atom. The van der Waals surface area contributed by atoms with Gasteiger partial charge in [-0.2, -0.15) is 0 Å². The monoisotopic (exact) mass is 367 g/mol. The summed E-state index contributed by atoms with van der Waals surface area (Å²) in [5, 5.41) is 3.44. The zero-order chi connectivity index (χ0) is 17.2. The molecule has 0 saturated heterocycles. The highest BCUT2D eigenvalue weighted by atomic mass is 35.5. The third-order valence-corrected chi connectivity index (χ3v) is 6.08. The molecule has 3 heteroatoms. The maximum Gasteiger partial charge on any atom is 0.0542 e. The summed E-state index contributed by atoms with van der Waals surface area (Å²) in [5.74, 6) is 1.79. The molecule has 1 atom stereocenters. The molecule has 1 nitrogen and oxygen atoms in total. The van der Waals surface area contributed by atoms with E-state index < -0.39 is 0 Å². The molecule has 0 fully saturated rings. The van der Waals surface area contributed by atoms with E-state index in [-0.39, 0.29) is 0 Å². The number of aliphatic imine (C=N–C) groups is 1. The number of benzene rings is 2. The Morgan fingerprint density at radius 1 is 1.20 bits per heavy atom. The number of fused-ring (bicyclic) bond motifs is 4. The lowest BCUT2D eigenvalue weighted by molar-refractivity contribution is 0.710. The first-order chi connectivity index (χ1) is 12.2. The van der Waals surface area contributed by atoms with Crippen LogP contribution in [0.2, 0.25) is 5.02 Å². The van der Waals surface area contributed by atoms with Crippen LogP contribution in [0.1, 0.15) is 43.2 Å². The Hall–Kier alpha value is -1.51. The Labute approximate surface area is 158 Å². The predicted octanol–water partition coefficient (Wildman–Crippen LogP) is 6.87. The van der Waals surface area contributed by atoms with Crippen molar-refractivity contribution in [3.8, 4) is 0 Å². The standard InChI is InChI=1S/C19H17Cl.C3H5NS/c1-12-10-13-4-2-3-5-16(13)18-8-6-14-11-15(20)7-9-17(14)19(12)18;1-2-5-3-4-1/h3,5-9,11-12H,2,4,10H2,1H3;3H,1-2H2. The first-order valence-corrected chi connectivity index (χ1v) is 10.4. The molecule has 25 heavy (non-hydrogen) atoms. The van der Waals surface area contributed by atoms with Crippen molar-refractivity contribution in [3.63, 3.8) is 0 Å². The molecular formula is C22H22ClNS. The van der Waals surface area contributed by atoms with E-state index in [1.54, 1.807) is 17.3 Å². The second kappa shape index (κ2) is 7.39. The molecule has 0 aromatic heterocycles. The van der Waals surface area contributed by atoms with Gasteiger partial charge in [-0.15, -0.1) is 11.8 Å². The predicted molar refractivity (Wildman–Crippen MR) is 113 cm³/mol. The summed E-state index contributed by atoms with van der Waals surface area (Å²) in [5.41, 5.74) is 7.95. The molecule has 1 aliphatic heterocycles. The number of allylic oxidation sites excluding steroid dienone is 4. The van der Waals surface area contributed by atoms with Crippen LogP contribution in [0.25, 0.3) is 16.3 Å². The molecule has 0 saturated carbocycles. The van der Waals surface area contributed by atoms with Gasteiger partial charge in [0.1, 0.15) is 0 Å². The first-order valence-electron chi connectivity index (χ1n) is 8.95. The number of hydrogen-bond donors (Lipinski definition) is 0. The van der Waals surface area contributed by atoms with Gasteiger partial charge in [-0.3, -0.25) is 4.99 Å². The van der Waals surface area contributed by atoms with Gasteiger partial charge in [0.2, 0.25) is 0 Å². The van der Waals surface area contributed by atoms with Crippen LogP contribution >= 0.6 is 23.4 Å². The highest BCUT2D eigenvalue weighted by Gasteiger charge is 2.25. The highest BCUT2D eigenvalue weighted by Crippen LogP contribution is 2.45. The van der Waals surface area contributed by atoms with Crippen molar-refractivity contribution in [3.05, 3.63) is 64.2 Å². The van der Waals surface area contributed by atoms with Crippen LogP contribution in [0.5, 0.6) is 0 Å². The van der Waals surface area contributed by atoms with Crippen molar-refractivity contribution in [2.75, 3.05) is 12.3 Å². The maximum atomic E-state index is 6.13. The van der Waals surface area contributed by atoms with Gasteiger partial charge in [0.15, 0.2) is 0 Å². The van der Waals surface area contributed by atoms with Crippen molar-refractivity contribution in [2.45, 2.75) is 32.1 Å². The zero-order valence-electron chi connectivity index (χ0n) is 14.5. The molecule has 0 N–H and O–H groups in total. The van der Waals surface area contributed by atoms with E-state index in [2.05, 4.69) is 48.3 Å². The molecule has 2 aliphatic carbocycles. The summed E-state index contributed by atoms with van der Waals surface area (Å²) in [6, 6.07) is 10.8. The van der Waals surface area contributed by atoms with E-state index in [4.69, 9.17) is 11.6 Å². The molecule has 1 heterocycles. The molecule has 5 rings (SSSR count). The van der Waals surface area contributed by atoms with Crippen LogP contribution < -0.4 is 0 Å². The average molecular weight is 368 g/mol. The molecule has 128 valence electrons. The number of halogens is 1. The minimum atomic E-state index is 0.597. The molecule has 3 aliphatic rings. The van der Waals surface area contributed by atoms with E-state index in [9.17, 15) is 0 Å². The Balaban J connectivity index is 0.000000272. The average Bonchev–Trinajstić information content (AvgIpc) is 3.21. The van der Waals surface area contributed by atoms with Gasteiger partial charge in [0, 0.05) is 17.3 Å². The molecule has 0 bridgehead atoms. The van der Waals surface area contributed by atoms with Crippen LogP contribution in [-0.2, 0) is 0 Å². The van der Waals surface area contributed by atoms with Crippen molar-refractivity contribution < 1.29 is 0 Å². The quantitative estimate of drug-likeness (QED) is 0.495. The zero-order valence-corrected chi connectivity index (χ0v) is 16.0. The molecule has 2 aromatic rings. The number of thioether (sulfide) groups is 1. The van der Waals surface area contributed by atoms with Crippen LogP contribution in [0, 0.1) is 0 Å². The van der Waals surface area contributed by atoms with Gasteiger partial charge in [0.25, 0.3) is 0 Å². The van der Waals surface area contributed by atoms with Crippen molar-refractivity contribution >= 4 is 45.3 Å². The topological polar surface area (TPSA) is 12.4 Å². The fourth-order valence-corrected chi connectivity index (χ4v) is 4.74. The lowest BCUT2D eigenvalue weighted by Gasteiger charge is -2.30. The summed E-state index contributed by atoms with van der Waals surface area (Å²) in [6.07, 6.45) is 8.27. The van der Waals surface area contributed by atoms with Crippen LogP contribution in [0.3, 0.4) is 0 Å². The lowest BCUT2D eigenvalue weighted by atomic mass is 9.75. The SMILES string of the molecule is C1=NCCS1.CC1CC2=C(C=CCC2)c2ccc3cc(Cl)ccc3c21. The van der Waals surface area contributed by atoms with Gasteiger partial charge in [-0.05, 0) is 64.8 Å². The fraction of sp³-hybridized carbons (Fsp3) is 0.318. The van der Waals surface area contributed by atoms with Crippen LogP contribution in [0.4, 0.5) is 0 Å². The second-order valence-corrected chi connectivity index (χ2v) is 8.23. The molecular weight excluding hydrogens is 346 g/mol. The van der Waals surface area contributed by atoms with E-state index in [0.717, 1.165) is 11.6 Å². The minimum absolute atomic E-state index is 0.597. The summed E-state index contributed by atoms with van der Waals surface area (Å²) in [7, 11) is 0. The maximum absolute atomic E-state index is 6.13. The minimum Gasteiger partial charge on any atom is -0.285 e.